The fourth-order valence-corrected chi connectivity index (χ4v) is 4.41. The third-order valence-corrected chi connectivity index (χ3v) is 6.04. The fraction of sp³-hybridized carbons (Fsp3) is 0.478. The number of hydrogen-bond acceptors (Lipinski definition) is 7. The van der Waals surface area contributed by atoms with E-state index in [4.69, 9.17) is 15.6 Å². The number of nitrogen functional groups attached to an aromatic ring is 1. The van der Waals surface area contributed by atoms with Crippen molar-refractivity contribution >= 4 is 23.4 Å². The van der Waals surface area contributed by atoms with E-state index in [2.05, 4.69) is 40.7 Å². The number of nitrogens with one attached hydrogen (secondary N) is 1. The number of anilines is 1. The Morgan fingerprint density at radius 3 is 2.68 bits per heavy atom. The summed E-state index contributed by atoms with van der Waals surface area (Å²) in [5.41, 5.74) is 12.3. The molecule has 1 atom stereocenters. The van der Waals surface area contributed by atoms with Crippen LogP contribution < -0.4 is 10.5 Å². The molecule has 1 unspecified atom stereocenters. The van der Waals surface area contributed by atoms with E-state index >= 15 is 0 Å². The van der Waals surface area contributed by atoms with Crippen LogP contribution in [0.5, 0.6) is 0 Å². The van der Waals surface area contributed by atoms with Crippen molar-refractivity contribution in [3.8, 4) is 11.3 Å². The number of ether oxygens (including phenoxy) is 1. The van der Waals surface area contributed by atoms with E-state index in [-0.39, 0.29) is 6.10 Å². The van der Waals surface area contributed by atoms with E-state index in [1.165, 1.54) is 16.0 Å². The molecule has 0 aliphatic carbocycles. The van der Waals surface area contributed by atoms with Gasteiger partial charge < -0.3 is 15.6 Å². The second kappa shape index (κ2) is 10.5. The Morgan fingerprint density at radius 1 is 1.26 bits per heavy atom. The van der Waals surface area contributed by atoms with Crippen LogP contribution >= 0.6 is 11.9 Å². The van der Waals surface area contributed by atoms with Gasteiger partial charge in [-0.05, 0) is 76.6 Å². The summed E-state index contributed by atoms with van der Waals surface area (Å²) in [4.78, 5) is 10.0. The molecule has 1 fully saturated rings. The minimum Gasteiger partial charge on any atom is -0.394 e. The van der Waals surface area contributed by atoms with Gasteiger partial charge in [0, 0.05) is 35.4 Å². The number of rotatable bonds is 4. The highest BCUT2D eigenvalue weighted by molar-refractivity contribution is 7.97. The van der Waals surface area contributed by atoms with Crippen molar-refractivity contribution in [2.75, 3.05) is 18.9 Å². The van der Waals surface area contributed by atoms with Crippen LogP contribution in [0.2, 0.25) is 0 Å². The van der Waals surface area contributed by atoms with Crippen LogP contribution in [0.15, 0.2) is 29.4 Å². The van der Waals surface area contributed by atoms with Gasteiger partial charge in [-0.25, -0.2) is 9.97 Å². The van der Waals surface area contributed by atoms with Gasteiger partial charge in [0.15, 0.2) is 11.5 Å². The summed E-state index contributed by atoms with van der Waals surface area (Å²) >= 11 is 1.69. The number of imidazole rings is 1. The molecule has 0 bridgehead atoms. The van der Waals surface area contributed by atoms with E-state index in [1.807, 2.05) is 23.7 Å². The predicted molar refractivity (Wildman–Crippen MR) is 127 cm³/mol. The highest BCUT2D eigenvalue weighted by Crippen LogP contribution is 2.32. The summed E-state index contributed by atoms with van der Waals surface area (Å²) < 4.78 is 11.2. The first-order chi connectivity index (χ1) is 14.8. The molecule has 7 nitrogen and oxygen atoms in total. The second-order valence-corrected chi connectivity index (χ2v) is 9.14. The van der Waals surface area contributed by atoms with Gasteiger partial charge in [-0.2, -0.15) is 0 Å². The molecule has 4 N–H and O–H groups in total. The smallest absolute Gasteiger partial charge is 0.180 e. The number of aliphatic hydroxyl groups is 1. The number of aliphatic hydroxyl groups excluding tert-OH is 1. The second-order valence-electron chi connectivity index (χ2n) is 8.26. The van der Waals surface area contributed by atoms with Crippen molar-refractivity contribution in [3.05, 3.63) is 41.3 Å². The molecule has 1 aliphatic heterocycles. The third-order valence-electron chi connectivity index (χ3n) is 4.93. The van der Waals surface area contributed by atoms with Gasteiger partial charge in [-0.1, -0.05) is 6.07 Å². The standard InChI is InChI=1S/C20H25N5OS.C3H8O/c1-12-7-13(2)18(27-24-15-5-4-6-26-11-15)8-16(12)17-9-22-20-19(21)23-14(3)10-25(17)20;1-3(2)4/h7-10,15,24H,4-6,11H2,1-3H3,(H2,21,23);3-4H,1-2H3. The largest absolute Gasteiger partial charge is 0.394 e. The van der Waals surface area contributed by atoms with E-state index in [0.29, 0.717) is 17.5 Å². The van der Waals surface area contributed by atoms with Gasteiger partial charge >= 0.3 is 0 Å². The van der Waals surface area contributed by atoms with Crippen molar-refractivity contribution in [2.45, 2.75) is 64.5 Å². The predicted octanol–water partition coefficient (Wildman–Crippen LogP) is 4.07. The van der Waals surface area contributed by atoms with Crippen LogP contribution in [-0.4, -0.2) is 44.8 Å². The van der Waals surface area contributed by atoms with E-state index < -0.39 is 0 Å². The van der Waals surface area contributed by atoms with Gasteiger partial charge in [0.1, 0.15) is 0 Å². The highest BCUT2D eigenvalue weighted by atomic mass is 32.2. The molecule has 0 amide bonds. The van der Waals surface area contributed by atoms with Crippen molar-refractivity contribution < 1.29 is 9.84 Å². The minimum atomic E-state index is -0.167. The maximum absolute atomic E-state index is 8.06. The number of nitrogens with zero attached hydrogens (tertiary/aromatic N) is 3. The molecule has 3 aromatic rings. The van der Waals surface area contributed by atoms with E-state index in [9.17, 15) is 0 Å². The minimum absolute atomic E-state index is 0.167. The normalized spacial score (nSPS) is 16.4. The van der Waals surface area contributed by atoms with Crippen molar-refractivity contribution in [3.63, 3.8) is 0 Å². The molecule has 8 heteroatoms. The molecule has 4 rings (SSSR count). The number of benzene rings is 1. The van der Waals surface area contributed by atoms with E-state index in [0.717, 1.165) is 43.0 Å². The first-order valence-corrected chi connectivity index (χ1v) is 11.5. The molecular formula is C23H33N5O2S. The fourth-order valence-electron chi connectivity index (χ4n) is 3.53. The Balaban J connectivity index is 0.000000628. The number of nitrogens with two attached hydrogens (primary N) is 1. The Morgan fingerprint density at radius 2 is 2.00 bits per heavy atom. The van der Waals surface area contributed by atoms with Gasteiger partial charge in [0.2, 0.25) is 0 Å². The van der Waals surface area contributed by atoms with Gasteiger partial charge in [-0.3, -0.25) is 9.12 Å². The summed E-state index contributed by atoms with van der Waals surface area (Å²) in [6.45, 7) is 11.3. The lowest BCUT2D eigenvalue weighted by Gasteiger charge is -2.23. The number of aryl methyl sites for hydroxylation is 3. The van der Waals surface area contributed by atoms with Crippen molar-refractivity contribution in [1.82, 2.24) is 19.1 Å². The molecule has 2 aromatic heterocycles. The molecule has 0 spiro atoms. The molecular weight excluding hydrogens is 410 g/mol. The SMILES string of the molecule is CC(C)O.Cc1cn2c(-c3cc(SNC4CCCOC4)c(C)cc3C)cnc2c(N)n1. The molecule has 3 heterocycles. The zero-order valence-electron chi connectivity index (χ0n) is 19.0. The molecule has 1 saturated heterocycles. The lowest BCUT2D eigenvalue weighted by Crippen LogP contribution is -2.32. The molecule has 0 saturated carbocycles. The van der Waals surface area contributed by atoms with Crippen molar-refractivity contribution in [2.24, 2.45) is 0 Å². The molecule has 31 heavy (non-hydrogen) atoms. The zero-order valence-corrected chi connectivity index (χ0v) is 19.8. The lowest BCUT2D eigenvalue weighted by molar-refractivity contribution is 0.0783. The molecule has 1 aromatic carbocycles. The van der Waals surface area contributed by atoms with Gasteiger partial charge in [0.25, 0.3) is 0 Å². The van der Waals surface area contributed by atoms with Crippen LogP contribution in [0.25, 0.3) is 16.9 Å². The van der Waals surface area contributed by atoms with Crippen LogP contribution in [0.1, 0.15) is 43.5 Å². The number of aromatic nitrogens is 3. The van der Waals surface area contributed by atoms with Gasteiger partial charge in [0.05, 0.1) is 24.2 Å². The maximum Gasteiger partial charge on any atom is 0.180 e. The number of fused-ring (bicyclic) bond motifs is 1. The summed E-state index contributed by atoms with van der Waals surface area (Å²) in [5, 5.41) is 8.06. The van der Waals surface area contributed by atoms with Gasteiger partial charge in [-0.15, -0.1) is 0 Å². The Hall–Kier alpha value is -2.13. The lowest BCUT2D eigenvalue weighted by atomic mass is 10.0. The summed E-state index contributed by atoms with van der Waals surface area (Å²) in [6, 6.07) is 4.87. The van der Waals surface area contributed by atoms with Crippen molar-refractivity contribution in [1.29, 1.82) is 0 Å². The monoisotopic (exact) mass is 443 g/mol. The Labute approximate surface area is 188 Å². The average molecular weight is 444 g/mol. The Kier molecular flexibility index (Phi) is 7.94. The van der Waals surface area contributed by atoms with Crippen LogP contribution in [0, 0.1) is 20.8 Å². The maximum atomic E-state index is 8.06. The van der Waals surface area contributed by atoms with Crippen LogP contribution in [0.4, 0.5) is 5.82 Å². The van der Waals surface area contributed by atoms with E-state index in [1.54, 1.807) is 25.8 Å². The van der Waals surface area contributed by atoms with Crippen LogP contribution in [-0.2, 0) is 4.74 Å². The first kappa shape index (κ1) is 23.5. The summed E-state index contributed by atoms with van der Waals surface area (Å²) in [7, 11) is 0. The Bertz CT molecular complexity index is 1030. The molecule has 1 aliphatic rings. The number of hydrogen-bond donors (Lipinski definition) is 3. The molecule has 168 valence electrons. The topological polar surface area (TPSA) is 97.7 Å². The summed E-state index contributed by atoms with van der Waals surface area (Å²) in [5.74, 6) is 0.458. The highest BCUT2D eigenvalue weighted by Gasteiger charge is 2.16. The average Bonchev–Trinajstić information content (AvgIpc) is 3.11. The molecule has 0 radical (unpaired) electrons. The third kappa shape index (κ3) is 5.98. The zero-order chi connectivity index (χ0) is 22.5. The summed E-state index contributed by atoms with van der Waals surface area (Å²) in [6.07, 6.45) is 5.97. The first-order valence-electron chi connectivity index (χ1n) is 10.7. The van der Waals surface area contributed by atoms with Crippen LogP contribution in [0.3, 0.4) is 0 Å². The quantitative estimate of drug-likeness (QED) is 0.523.